The Labute approximate surface area is 90.5 Å². The summed E-state index contributed by atoms with van der Waals surface area (Å²) in [6, 6.07) is 9.80. The summed E-state index contributed by atoms with van der Waals surface area (Å²) in [5.41, 5.74) is 1.02. The van der Waals surface area contributed by atoms with Crippen LogP contribution in [0.2, 0.25) is 0 Å². The summed E-state index contributed by atoms with van der Waals surface area (Å²) in [6.07, 6.45) is -4.64. The number of rotatable bonds is 1. The van der Waals surface area contributed by atoms with Gasteiger partial charge in [-0.1, -0.05) is 24.3 Å². The van der Waals surface area contributed by atoms with Crippen LogP contribution in [-0.4, -0.2) is 6.36 Å². The normalized spacial score (nSPS) is 11.8. The maximum atomic E-state index is 12.0. The van der Waals surface area contributed by atoms with Gasteiger partial charge in [0, 0.05) is 0 Å². The number of benzene rings is 2. The van der Waals surface area contributed by atoms with Crippen LogP contribution in [-0.2, 0) is 0 Å². The minimum atomic E-state index is -4.64. The van der Waals surface area contributed by atoms with Crippen molar-refractivity contribution in [1.29, 1.82) is 0 Å². The average Bonchev–Trinajstić information content (AvgIpc) is 2.15. The van der Waals surface area contributed by atoms with Gasteiger partial charge in [-0.2, -0.15) is 0 Å². The van der Waals surface area contributed by atoms with Crippen molar-refractivity contribution >= 4 is 10.8 Å². The second-order valence-corrected chi connectivity index (χ2v) is 3.51. The Morgan fingerprint density at radius 1 is 1.06 bits per heavy atom. The fourth-order valence-electron chi connectivity index (χ4n) is 1.62. The maximum absolute atomic E-state index is 12.0. The molecule has 0 radical (unpaired) electrons. The van der Waals surface area contributed by atoms with Gasteiger partial charge in [-0.05, 0) is 35.4 Å². The fraction of sp³-hybridized carbons (Fsp3) is 0.167. The van der Waals surface area contributed by atoms with E-state index in [9.17, 15) is 13.2 Å². The Hall–Kier alpha value is -1.71. The van der Waals surface area contributed by atoms with Crippen molar-refractivity contribution < 1.29 is 17.9 Å². The second-order valence-electron chi connectivity index (χ2n) is 3.51. The third-order valence-corrected chi connectivity index (χ3v) is 2.30. The van der Waals surface area contributed by atoms with E-state index in [0.717, 1.165) is 16.3 Å². The van der Waals surface area contributed by atoms with Crippen LogP contribution in [0.1, 0.15) is 5.56 Å². The lowest BCUT2D eigenvalue weighted by molar-refractivity contribution is -0.274. The van der Waals surface area contributed by atoms with Crippen LogP contribution < -0.4 is 4.74 Å². The third kappa shape index (κ3) is 2.27. The quantitative estimate of drug-likeness (QED) is 0.712. The monoisotopic (exact) mass is 226 g/mol. The number of aryl methyl sites for hydroxylation is 1. The lowest BCUT2D eigenvalue weighted by Crippen LogP contribution is -2.16. The molecule has 0 fully saturated rings. The number of fused-ring (bicyclic) bond motifs is 1. The summed E-state index contributed by atoms with van der Waals surface area (Å²) >= 11 is 0. The molecule has 0 N–H and O–H groups in total. The van der Waals surface area contributed by atoms with Crippen molar-refractivity contribution in [3.8, 4) is 5.75 Å². The minimum absolute atomic E-state index is 0.189. The fourth-order valence-corrected chi connectivity index (χ4v) is 1.62. The zero-order valence-electron chi connectivity index (χ0n) is 8.51. The van der Waals surface area contributed by atoms with Gasteiger partial charge in [0.2, 0.25) is 0 Å². The van der Waals surface area contributed by atoms with E-state index >= 15 is 0 Å². The van der Waals surface area contributed by atoms with Crippen molar-refractivity contribution in [2.45, 2.75) is 13.3 Å². The van der Waals surface area contributed by atoms with E-state index < -0.39 is 6.36 Å². The predicted molar refractivity (Wildman–Crippen MR) is 55.4 cm³/mol. The molecule has 0 atom stereocenters. The van der Waals surface area contributed by atoms with Crippen LogP contribution in [0.4, 0.5) is 13.2 Å². The topological polar surface area (TPSA) is 9.23 Å². The Balaban J connectivity index is 2.45. The summed E-state index contributed by atoms with van der Waals surface area (Å²) in [7, 11) is 0. The predicted octanol–water partition coefficient (Wildman–Crippen LogP) is 4.05. The Morgan fingerprint density at radius 3 is 2.50 bits per heavy atom. The van der Waals surface area contributed by atoms with Gasteiger partial charge in [-0.25, -0.2) is 0 Å². The molecule has 0 aliphatic rings. The Kier molecular flexibility index (Phi) is 2.50. The summed E-state index contributed by atoms with van der Waals surface area (Å²) < 4.78 is 39.8. The van der Waals surface area contributed by atoms with E-state index in [-0.39, 0.29) is 5.75 Å². The molecule has 2 aromatic carbocycles. The van der Waals surface area contributed by atoms with Crippen LogP contribution in [0.3, 0.4) is 0 Å². The Bertz CT molecular complexity index is 517. The second kappa shape index (κ2) is 3.70. The lowest BCUT2D eigenvalue weighted by atomic mass is 10.1. The van der Waals surface area contributed by atoms with Crippen molar-refractivity contribution in [2.75, 3.05) is 0 Å². The molecule has 2 rings (SSSR count). The van der Waals surface area contributed by atoms with Crippen LogP contribution in [0.5, 0.6) is 5.75 Å². The molecule has 0 unspecified atom stereocenters. The van der Waals surface area contributed by atoms with Crippen LogP contribution in [0.15, 0.2) is 36.4 Å². The highest BCUT2D eigenvalue weighted by molar-refractivity contribution is 5.86. The number of alkyl halides is 3. The lowest BCUT2D eigenvalue weighted by Gasteiger charge is -2.10. The van der Waals surface area contributed by atoms with Gasteiger partial charge in [0.15, 0.2) is 0 Å². The van der Waals surface area contributed by atoms with Gasteiger partial charge in [0.05, 0.1) is 0 Å². The van der Waals surface area contributed by atoms with Gasteiger partial charge < -0.3 is 4.74 Å². The van der Waals surface area contributed by atoms with E-state index in [1.165, 1.54) is 12.1 Å². The molecule has 0 aromatic heterocycles. The molecule has 0 aliphatic carbocycles. The van der Waals surface area contributed by atoms with E-state index in [1.807, 2.05) is 13.0 Å². The smallest absolute Gasteiger partial charge is 0.406 e. The molecule has 1 nitrogen and oxygen atoms in total. The maximum Gasteiger partial charge on any atom is 0.573 e. The van der Waals surface area contributed by atoms with E-state index in [4.69, 9.17) is 0 Å². The van der Waals surface area contributed by atoms with Gasteiger partial charge in [-0.3, -0.25) is 0 Å². The first-order valence-electron chi connectivity index (χ1n) is 4.71. The molecular weight excluding hydrogens is 217 g/mol. The highest BCUT2D eigenvalue weighted by atomic mass is 19.4. The molecule has 0 spiro atoms. The Morgan fingerprint density at radius 2 is 1.81 bits per heavy atom. The largest absolute Gasteiger partial charge is 0.573 e. The van der Waals surface area contributed by atoms with Crippen LogP contribution >= 0.6 is 0 Å². The summed E-state index contributed by atoms with van der Waals surface area (Å²) in [4.78, 5) is 0. The van der Waals surface area contributed by atoms with Crippen LogP contribution in [0, 0.1) is 6.92 Å². The zero-order chi connectivity index (χ0) is 11.8. The average molecular weight is 226 g/mol. The number of halogens is 3. The van der Waals surface area contributed by atoms with Gasteiger partial charge in [-0.15, -0.1) is 13.2 Å². The molecule has 0 aliphatic heterocycles. The van der Waals surface area contributed by atoms with Crippen molar-refractivity contribution in [2.24, 2.45) is 0 Å². The summed E-state index contributed by atoms with van der Waals surface area (Å²) in [5, 5.41) is 1.67. The zero-order valence-corrected chi connectivity index (χ0v) is 8.51. The molecule has 0 bridgehead atoms. The summed E-state index contributed by atoms with van der Waals surface area (Å²) in [6.45, 7) is 1.91. The molecule has 0 amide bonds. The van der Waals surface area contributed by atoms with E-state index in [0.29, 0.717) is 0 Å². The molecule has 0 saturated carbocycles. The van der Waals surface area contributed by atoms with E-state index in [1.54, 1.807) is 18.2 Å². The van der Waals surface area contributed by atoms with Crippen molar-refractivity contribution in [3.05, 3.63) is 42.0 Å². The van der Waals surface area contributed by atoms with Crippen LogP contribution in [0.25, 0.3) is 10.8 Å². The molecule has 84 valence electrons. The van der Waals surface area contributed by atoms with Crippen molar-refractivity contribution in [3.63, 3.8) is 0 Å². The molecule has 2 aromatic rings. The number of hydrogen-bond acceptors (Lipinski definition) is 1. The number of hydrogen-bond donors (Lipinski definition) is 0. The number of ether oxygens (including phenoxy) is 1. The van der Waals surface area contributed by atoms with Gasteiger partial charge in [0.1, 0.15) is 5.75 Å². The highest BCUT2D eigenvalue weighted by Gasteiger charge is 2.31. The highest BCUT2D eigenvalue weighted by Crippen LogP contribution is 2.27. The first-order valence-corrected chi connectivity index (χ1v) is 4.71. The SMILES string of the molecule is Cc1cccc2cc(OC(F)(F)F)ccc12. The van der Waals surface area contributed by atoms with Crippen molar-refractivity contribution in [1.82, 2.24) is 0 Å². The molecule has 16 heavy (non-hydrogen) atoms. The molecule has 0 saturated heterocycles. The first-order chi connectivity index (χ1) is 7.46. The van der Waals surface area contributed by atoms with Gasteiger partial charge in [0.25, 0.3) is 0 Å². The standard InChI is InChI=1S/C12H9F3O/c1-8-3-2-4-9-7-10(5-6-11(8)9)16-12(13,14)15/h2-7H,1H3. The first kappa shape index (κ1) is 10.8. The summed E-state index contributed by atoms with van der Waals surface area (Å²) in [5.74, 6) is -0.189. The van der Waals surface area contributed by atoms with E-state index in [2.05, 4.69) is 4.74 Å². The molecular formula is C12H9F3O. The molecule has 4 heteroatoms. The molecule has 0 heterocycles. The van der Waals surface area contributed by atoms with Gasteiger partial charge >= 0.3 is 6.36 Å². The third-order valence-electron chi connectivity index (χ3n) is 2.30. The minimum Gasteiger partial charge on any atom is -0.406 e.